The molecule has 1 aliphatic rings. The fourth-order valence-electron chi connectivity index (χ4n) is 2.09. The molecular formula is C15H16F3NO4. The highest BCUT2D eigenvalue weighted by atomic mass is 19.4. The van der Waals surface area contributed by atoms with E-state index in [0.29, 0.717) is 13.2 Å². The van der Waals surface area contributed by atoms with E-state index < -0.39 is 30.2 Å². The summed E-state index contributed by atoms with van der Waals surface area (Å²) in [5, 5.41) is 2.57. The number of carbonyl (C=O) groups is 2. The third kappa shape index (κ3) is 5.24. The number of benzene rings is 1. The summed E-state index contributed by atoms with van der Waals surface area (Å²) in [5.74, 6) is -1.34. The van der Waals surface area contributed by atoms with Gasteiger partial charge in [0.25, 0.3) is 5.91 Å². The van der Waals surface area contributed by atoms with Gasteiger partial charge in [-0.25, -0.2) is 4.79 Å². The number of esters is 1. The molecule has 1 N–H and O–H groups in total. The second-order valence-electron chi connectivity index (χ2n) is 5.09. The van der Waals surface area contributed by atoms with Crippen LogP contribution in [0.3, 0.4) is 0 Å². The van der Waals surface area contributed by atoms with E-state index in [1.54, 1.807) is 0 Å². The van der Waals surface area contributed by atoms with Crippen LogP contribution in [-0.4, -0.2) is 37.7 Å². The lowest BCUT2D eigenvalue weighted by atomic mass is 10.1. The van der Waals surface area contributed by atoms with Crippen LogP contribution in [0.25, 0.3) is 0 Å². The van der Waals surface area contributed by atoms with E-state index in [0.717, 1.165) is 37.1 Å². The lowest BCUT2D eigenvalue weighted by Crippen LogP contribution is -2.34. The normalized spacial score (nSPS) is 17.8. The Morgan fingerprint density at radius 2 is 1.96 bits per heavy atom. The topological polar surface area (TPSA) is 64.6 Å². The van der Waals surface area contributed by atoms with Crippen molar-refractivity contribution in [3.05, 3.63) is 35.4 Å². The van der Waals surface area contributed by atoms with E-state index in [1.807, 2.05) is 0 Å². The third-order valence-electron chi connectivity index (χ3n) is 3.33. The molecule has 5 nitrogen and oxygen atoms in total. The van der Waals surface area contributed by atoms with Crippen molar-refractivity contribution >= 4 is 11.9 Å². The molecule has 1 aromatic rings. The number of halogens is 3. The predicted molar refractivity (Wildman–Crippen MR) is 73.7 cm³/mol. The van der Waals surface area contributed by atoms with Gasteiger partial charge in [-0.05, 0) is 37.1 Å². The molecule has 2 rings (SSSR count). The molecular weight excluding hydrogens is 315 g/mol. The van der Waals surface area contributed by atoms with Gasteiger partial charge in [-0.2, -0.15) is 13.2 Å². The first kappa shape index (κ1) is 17.3. The Bertz CT molecular complexity index is 551. The summed E-state index contributed by atoms with van der Waals surface area (Å²) in [4.78, 5) is 23.2. The zero-order chi connectivity index (χ0) is 16.9. The maximum Gasteiger partial charge on any atom is 0.416 e. The molecule has 0 spiro atoms. The van der Waals surface area contributed by atoms with Gasteiger partial charge in [-0.3, -0.25) is 4.79 Å². The third-order valence-corrected chi connectivity index (χ3v) is 3.33. The lowest BCUT2D eigenvalue weighted by Gasteiger charge is -2.11. The van der Waals surface area contributed by atoms with E-state index in [4.69, 9.17) is 9.47 Å². The molecule has 0 aromatic heterocycles. The molecule has 1 atom stereocenters. The van der Waals surface area contributed by atoms with Gasteiger partial charge in [0.15, 0.2) is 6.61 Å². The van der Waals surface area contributed by atoms with E-state index >= 15 is 0 Å². The minimum Gasteiger partial charge on any atom is -0.452 e. The van der Waals surface area contributed by atoms with E-state index in [9.17, 15) is 22.8 Å². The van der Waals surface area contributed by atoms with Crippen molar-refractivity contribution in [2.45, 2.75) is 25.1 Å². The quantitative estimate of drug-likeness (QED) is 0.840. The molecule has 1 aliphatic heterocycles. The average Bonchev–Trinajstić information content (AvgIpc) is 3.03. The van der Waals surface area contributed by atoms with Crippen molar-refractivity contribution in [3.8, 4) is 0 Å². The summed E-state index contributed by atoms with van der Waals surface area (Å²) in [5.41, 5.74) is -0.909. The smallest absolute Gasteiger partial charge is 0.416 e. The molecule has 0 aliphatic carbocycles. The SMILES string of the molecule is O=C(COC(=O)c1ccc(C(F)(F)F)cc1)NC[C@H]1CCCO1. The molecule has 0 radical (unpaired) electrons. The Balaban J connectivity index is 1.76. The highest BCUT2D eigenvalue weighted by Gasteiger charge is 2.30. The van der Waals surface area contributed by atoms with E-state index in [1.165, 1.54) is 0 Å². The van der Waals surface area contributed by atoms with Gasteiger partial charge < -0.3 is 14.8 Å². The summed E-state index contributed by atoms with van der Waals surface area (Å²) in [7, 11) is 0. The molecule has 1 amide bonds. The van der Waals surface area contributed by atoms with Gasteiger partial charge >= 0.3 is 12.1 Å². The number of amides is 1. The first-order chi connectivity index (χ1) is 10.9. The van der Waals surface area contributed by atoms with Crippen molar-refractivity contribution in [1.82, 2.24) is 5.32 Å². The number of carbonyl (C=O) groups excluding carboxylic acids is 2. The van der Waals surface area contributed by atoms with Crippen molar-refractivity contribution in [2.24, 2.45) is 0 Å². The first-order valence-corrected chi connectivity index (χ1v) is 7.09. The van der Waals surface area contributed by atoms with Gasteiger partial charge in [-0.15, -0.1) is 0 Å². The summed E-state index contributed by atoms with van der Waals surface area (Å²) < 4.78 is 47.3. The van der Waals surface area contributed by atoms with E-state index in [-0.39, 0.29) is 11.7 Å². The number of ether oxygens (including phenoxy) is 2. The van der Waals surface area contributed by atoms with Crippen LogP contribution in [0.4, 0.5) is 13.2 Å². The number of nitrogens with one attached hydrogen (secondary N) is 1. The van der Waals surface area contributed by atoms with Crippen LogP contribution in [0.2, 0.25) is 0 Å². The fourth-order valence-corrected chi connectivity index (χ4v) is 2.09. The summed E-state index contributed by atoms with van der Waals surface area (Å²) in [6, 6.07) is 3.59. The minimum absolute atomic E-state index is 0.0236. The zero-order valence-electron chi connectivity index (χ0n) is 12.2. The number of rotatable bonds is 5. The lowest BCUT2D eigenvalue weighted by molar-refractivity contribution is -0.137. The second-order valence-corrected chi connectivity index (χ2v) is 5.09. The maximum absolute atomic E-state index is 12.4. The first-order valence-electron chi connectivity index (χ1n) is 7.09. The summed E-state index contributed by atoms with van der Waals surface area (Å²) >= 11 is 0. The number of hydrogen-bond acceptors (Lipinski definition) is 4. The fraction of sp³-hybridized carbons (Fsp3) is 0.467. The van der Waals surface area contributed by atoms with Crippen molar-refractivity contribution in [1.29, 1.82) is 0 Å². The highest BCUT2D eigenvalue weighted by Crippen LogP contribution is 2.29. The van der Waals surface area contributed by atoms with Crippen molar-refractivity contribution < 1.29 is 32.2 Å². The standard InChI is InChI=1S/C15H16F3NO4/c16-15(17,18)11-5-3-10(4-6-11)14(21)23-9-13(20)19-8-12-2-1-7-22-12/h3-6,12H,1-2,7-9H2,(H,19,20)/t12-/m1/s1. The van der Waals surface area contributed by atoms with Gasteiger partial charge in [0, 0.05) is 13.2 Å². The predicted octanol–water partition coefficient (Wildman–Crippen LogP) is 2.16. The summed E-state index contributed by atoms with van der Waals surface area (Å²) in [6.45, 7) is 0.521. The Labute approximate surface area is 130 Å². The number of hydrogen-bond donors (Lipinski definition) is 1. The van der Waals surface area contributed by atoms with Crippen molar-refractivity contribution in [2.75, 3.05) is 19.8 Å². The van der Waals surface area contributed by atoms with Crippen LogP contribution in [0.5, 0.6) is 0 Å². The molecule has 1 heterocycles. The maximum atomic E-state index is 12.4. The molecule has 1 saturated heterocycles. The van der Waals surface area contributed by atoms with Crippen molar-refractivity contribution in [3.63, 3.8) is 0 Å². The van der Waals surface area contributed by atoms with Crippen LogP contribution in [-0.2, 0) is 20.4 Å². The van der Waals surface area contributed by atoms with Gasteiger partial charge in [0.05, 0.1) is 17.2 Å². The largest absolute Gasteiger partial charge is 0.452 e. The molecule has 126 valence electrons. The molecule has 8 heteroatoms. The number of alkyl halides is 3. The monoisotopic (exact) mass is 331 g/mol. The van der Waals surface area contributed by atoms with Crippen LogP contribution in [0.1, 0.15) is 28.8 Å². The van der Waals surface area contributed by atoms with Crippen LogP contribution in [0, 0.1) is 0 Å². The molecule has 1 aromatic carbocycles. The Kier molecular flexibility index (Phi) is 5.59. The highest BCUT2D eigenvalue weighted by molar-refractivity contribution is 5.91. The van der Waals surface area contributed by atoms with Crippen LogP contribution >= 0.6 is 0 Å². The van der Waals surface area contributed by atoms with Crippen LogP contribution in [0.15, 0.2) is 24.3 Å². The van der Waals surface area contributed by atoms with Gasteiger partial charge in [-0.1, -0.05) is 0 Å². The average molecular weight is 331 g/mol. The zero-order valence-corrected chi connectivity index (χ0v) is 12.2. The molecule has 0 bridgehead atoms. The second kappa shape index (κ2) is 7.45. The van der Waals surface area contributed by atoms with E-state index in [2.05, 4.69) is 5.32 Å². The Morgan fingerprint density at radius 3 is 2.52 bits per heavy atom. The van der Waals surface area contributed by atoms with Gasteiger partial charge in [0.2, 0.25) is 0 Å². The molecule has 0 saturated carbocycles. The van der Waals surface area contributed by atoms with Crippen LogP contribution < -0.4 is 5.32 Å². The van der Waals surface area contributed by atoms with Gasteiger partial charge in [0.1, 0.15) is 0 Å². The Morgan fingerprint density at radius 1 is 1.26 bits per heavy atom. The molecule has 23 heavy (non-hydrogen) atoms. The summed E-state index contributed by atoms with van der Waals surface area (Å²) in [6.07, 6.45) is -2.68. The minimum atomic E-state index is -4.47. The molecule has 0 unspecified atom stereocenters. The molecule has 1 fully saturated rings. The Hall–Kier alpha value is -2.09.